The summed E-state index contributed by atoms with van der Waals surface area (Å²) < 4.78 is 0. The standard InChI is InChI=1S/C48H64N12O17/c1-55(24-37-51-32-5-2-3-6-33(32)52-37)47(76)29-7-8-31-30(21-29)23-58(48(77)36(50-31)22-41(66)67)14-4-13-49-45(74)34(9-11-39(62)63)54-46(75)35(10-12-40(64)65)53-38(61)25-59-19-17-56(26-42(68)69)15-16-57(27-43(70)71)18-20-60(59)28-44(72)73/h2-3,5-8,21,34-36,50H,4,9-20,22-28H2,1H3,(H,49,74)(H,51,52)(H,53,61)(H,54,75)(H,62,63)(H,64,65)(H,66,67)(H,68,69)(H,70,71)(H,72,73)/t34-,35?,36?/m0/s1. The number of benzene rings is 2. The lowest BCUT2D eigenvalue weighted by Gasteiger charge is -2.38. The minimum absolute atomic E-state index is 0.00708. The molecule has 3 atom stereocenters. The number of rotatable bonds is 27. The highest BCUT2D eigenvalue weighted by atomic mass is 16.4. The van der Waals surface area contributed by atoms with Crippen LogP contribution in [0.2, 0.25) is 0 Å². The Labute approximate surface area is 440 Å². The number of nitrogens with zero attached hydrogens (tertiary/aromatic N) is 7. The second-order valence-electron chi connectivity index (χ2n) is 18.5. The lowest BCUT2D eigenvalue weighted by Crippen LogP contribution is -2.58. The second kappa shape index (κ2) is 28.6. The Morgan fingerprint density at radius 1 is 0.701 bits per heavy atom. The van der Waals surface area contributed by atoms with Crippen LogP contribution in [0, 0.1) is 0 Å². The first-order valence-electron chi connectivity index (χ1n) is 24.5. The number of carbonyl (C=O) groups excluding carboxylic acids is 5. The van der Waals surface area contributed by atoms with Crippen molar-refractivity contribution >= 4 is 82.1 Å². The van der Waals surface area contributed by atoms with Gasteiger partial charge in [0.1, 0.15) is 30.5 Å². The van der Waals surface area contributed by atoms with Gasteiger partial charge in [0, 0.05) is 90.0 Å². The van der Waals surface area contributed by atoms with Crippen molar-refractivity contribution in [3.05, 3.63) is 59.4 Å². The number of H-pyrrole nitrogens is 1. The van der Waals surface area contributed by atoms with Gasteiger partial charge >= 0.3 is 35.8 Å². The van der Waals surface area contributed by atoms with Gasteiger partial charge in [0.25, 0.3) is 5.91 Å². The fourth-order valence-corrected chi connectivity index (χ4v) is 8.72. The summed E-state index contributed by atoms with van der Waals surface area (Å²) in [5, 5.41) is 70.3. The summed E-state index contributed by atoms with van der Waals surface area (Å²) in [6.07, 6.45) is -2.80. The van der Waals surface area contributed by atoms with E-state index in [1.807, 2.05) is 24.3 Å². The van der Waals surface area contributed by atoms with Crippen molar-refractivity contribution in [1.82, 2.24) is 55.5 Å². The van der Waals surface area contributed by atoms with E-state index in [1.54, 1.807) is 25.2 Å². The van der Waals surface area contributed by atoms with E-state index >= 15 is 0 Å². The van der Waals surface area contributed by atoms with E-state index in [1.165, 1.54) is 29.6 Å². The van der Waals surface area contributed by atoms with Crippen molar-refractivity contribution < 1.29 is 83.4 Å². The zero-order chi connectivity index (χ0) is 56.3. The molecule has 11 N–H and O–H groups in total. The Morgan fingerprint density at radius 2 is 1.29 bits per heavy atom. The molecule has 2 aliphatic heterocycles. The molecule has 5 rings (SSSR count). The number of aliphatic carboxylic acids is 6. The maximum absolute atomic E-state index is 13.9. The second-order valence-corrected chi connectivity index (χ2v) is 18.5. The quantitative estimate of drug-likeness (QED) is 0.0369. The Bertz CT molecular complexity index is 2630. The summed E-state index contributed by atoms with van der Waals surface area (Å²) >= 11 is 0. The van der Waals surface area contributed by atoms with Gasteiger partial charge in [-0.25, -0.2) is 15.0 Å². The largest absolute Gasteiger partial charge is 0.481 e. The SMILES string of the molecule is CN(Cc1nc2ccccc2[nH]1)C(=O)c1ccc2c(c1)CN(CCCNC(=O)[C@H](CCC(=O)O)NC(=O)C(CCC(=O)O)NC(=O)CN1CCN(CC(=O)O)CCN(CC(=O)O)CCN1CC(=O)O)C(=O)C(CC(=O)O)N2. The van der Waals surface area contributed by atoms with Crippen LogP contribution in [0.4, 0.5) is 5.69 Å². The van der Waals surface area contributed by atoms with Gasteiger partial charge in [0.2, 0.25) is 23.6 Å². The molecule has 29 nitrogen and oxygen atoms in total. The van der Waals surface area contributed by atoms with E-state index in [4.69, 9.17) is 0 Å². The first-order chi connectivity index (χ1) is 36.5. The maximum Gasteiger partial charge on any atom is 0.319 e. The first kappa shape index (κ1) is 59.6. The first-order valence-corrected chi connectivity index (χ1v) is 24.5. The number of aromatic nitrogens is 2. The monoisotopic (exact) mass is 1080 g/mol. The smallest absolute Gasteiger partial charge is 0.319 e. The summed E-state index contributed by atoms with van der Waals surface area (Å²) in [6.45, 7) is -2.34. The lowest BCUT2D eigenvalue weighted by molar-refractivity contribution is -0.149. The molecule has 0 saturated carbocycles. The topological polar surface area (TPSA) is 405 Å². The third-order valence-corrected chi connectivity index (χ3v) is 12.5. The molecule has 29 heteroatoms. The highest BCUT2D eigenvalue weighted by Crippen LogP contribution is 2.27. The van der Waals surface area contributed by atoms with Gasteiger partial charge < -0.3 is 66.7 Å². The number of para-hydroxylation sites is 2. The molecule has 3 heterocycles. The third-order valence-electron chi connectivity index (χ3n) is 12.5. The van der Waals surface area contributed by atoms with Crippen LogP contribution in [-0.4, -0.2) is 239 Å². The molecule has 5 amide bonds. The van der Waals surface area contributed by atoms with Crippen LogP contribution < -0.4 is 21.3 Å². The number of hydrogen-bond donors (Lipinski definition) is 11. The molecular formula is C48H64N12O17. The molecule has 0 bridgehead atoms. The van der Waals surface area contributed by atoms with Crippen molar-refractivity contribution in [2.75, 3.05) is 90.9 Å². The fourth-order valence-electron chi connectivity index (χ4n) is 8.72. The average molecular weight is 1080 g/mol. The highest BCUT2D eigenvalue weighted by molar-refractivity contribution is 5.96. The third kappa shape index (κ3) is 19.1. The van der Waals surface area contributed by atoms with Gasteiger partial charge in [-0.3, -0.25) is 62.5 Å². The number of carboxylic acids is 6. The Kier molecular flexibility index (Phi) is 22.1. The van der Waals surface area contributed by atoms with Gasteiger partial charge in [-0.05, 0) is 55.2 Å². The number of hydrazine groups is 1. The molecule has 1 aromatic heterocycles. The van der Waals surface area contributed by atoms with Gasteiger partial charge in [0.15, 0.2) is 0 Å². The summed E-state index contributed by atoms with van der Waals surface area (Å²) in [6, 6.07) is 7.72. The zero-order valence-corrected chi connectivity index (χ0v) is 42.2. The van der Waals surface area contributed by atoms with Crippen molar-refractivity contribution in [1.29, 1.82) is 0 Å². The summed E-state index contributed by atoms with van der Waals surface area (Å²) in [4.78, 5) is 153. The molecule has 1 fully saturated rings. The predicted octanol–water partition coefficient (Wildman–Crippen LogP) is -1.97. The minimum Gasteiger partial charge on any atom is -0.481 e. The van der Waals surface area contributed by atoms with E-state index in [2.05, 4.69) is 31.2 Å². The number of anilines is 1. The van der Waals surface area contributed by atoms with Crippen LogP contribution in [0.25, 0.3) is 11.0 Å². The van der Waals surface area contributed by atoms with Crippen LogP contribution in [0.3, 0.4) is 0 Å². The molecule has 3 aromatic rings. The van der Waals surface area contributed by atoms with E-state index in [-0.39, 0.29) is 83.3 Å². The predicted molar refractivity (Wildman–Crippen MR) is 268 cm³/mol. The molecule has 1 saturated heterocycles. The van der Waals surface area contributed by atoms with Gasteiger partial charge in [0.05, 0.1) is 43.6 Å². The molecule has 0 aliphatic carbocycles. The Morgan fingerprint density at radius 3 is 1.87 bits per heavy atom. The van der Waals surface area contributed by atoms with Crippen LogP contribution in [0.15, 0.2) is 42.5 Å². The molecule has 2 aliphatic rings. The number of imidazole rings is 1. The average Bonchev–Trinajstić information content (AvgIpc) is 3.72. The minimum atomic E-state index is -1.64. The van der Waals surface area contributed by atoms with E-state index < -0.39 is 136 Å². The van der Waals surface area contributed by atoms with Crippen molar-refractivity contribution in [2.24, 2.45) is 0 Å². The molecule has 77 heavy (non-hydrogen) atoms. The van der Waals surface area contributed by atoms with Crippen LogP contribution in [0.1, 0.15) is 60.3 Å². The van der Waals surface area contributed by atoms with Gasteiger partial charge in [-0.1, -0.05) is 12.1 Å². The maximum atomic E-state index is 13.9. The summed E-state index contributed by atoms with van der Waals surface area (Å²) in [5.74, 6) is -10.9. The van der Waals surface area contributed by atoms with E-state index in [0.29, 0.717) is 17.1 Å². The Hall–Kier alpha value is -8.28. The number of carboxylic acid groups (broad SMARTS) is 6. The molecule has 2 aromatic carbocycles. The van der Waals surface area contributed by atoms with Gasteiger partial charge in [-0.2, -0.15) is 0 Å². The number of carbonyl (C=O) groups is 11. The number of aromatic amines is 1. The summed E-state index contributed by atoms with van der Waals surface area (Å²) in [7, 11) is 1.60. The van der Waals surface area contributed by atoms with Crippen LogP contribution in [-0.2, 0) is 61.0 Å². The molecule has 2 unspecified atom stereocenters. The Balaban J connectivity index is 1.25. The van der Waals surface area contributed by atoms with Crippen molar-refractivity contribution in [3.8, 4) is 0 Å². The highest BCUT2D eigenvalue weighted by Gasteiger charge is 2.33. The molecule has 418 valence electrons. The molecule has 0 spiro atoms. The number of hydrogen-bond acceptors (Lipinski definition) is 17. The molecular weight excluding hydrogens is 1020 g/mol. The van der Waals surface area contributed by atoms with Crippen molar-refractivity contribution in [3.63, 3.8) is 0 Å². The van der Waals surface area contributed by atoms with E-state index in [9.17, 15) is 83.4 Å². The van der Waals surface area contributed by atoms with Crippen molar-refractivity contribution in [2.45, 2.75) is 69.7 Å². The summed E-state index contributed by atoms with van der Waals surface area (Å²) in [5.41, 5.74) is 2.73. The number of amides is 5. The number of nitrogens with one attached hydrogen (secondary N) is 5. The lowest BCUT2D eigenvalue weighted by atomic mass is 10.1. The fraction of sp³-hybridized carbons (Fsp3) is 0.500. The van der Waals surface area contributed by atoms with Gasteiger partial charge in [-0.15, -0.1) is 0 Å². The number of fused-ring (bicyclic) bond motifs is 2. The van der Waals surface area contributed by atoms with E-state index in [0.717, 1.165) is 11.0 Å². The zero-order valence-electron chi connectivity index (χ0n) is 42.2. The van der Waals surface area contributed by atoms with Crippen LogP contribution in [0.5, 0.6) is 0 Å². The normalized spacial score (nSPS) is 16.7. The van der Waals surface area contributed by atoms with Crippen LogP contribution >= 0.6 is 0 Å². The molecule has 0 radical (unpaired) electrons.